The fourth-order valence-corrected chi connectivity index (χ4v) is 3.06. The average Bonchev–Trinajstić information content (AvgIpc) is 3.10. The molecule has 3 N–H and O–H groups in total. The van der Waals surface area contributed by atoms with Gasteiger partial charge in [0.05, 0.1) is 19.8 Å². The number of guanidine groups is 1. The number of benzene rings is 1. The van der Waals surface area contributed by atoms with Gasteiger partial charge in [-0.15, -0.1) is 24.0 Å². The van der Waals surface area contributed by atoms with Gasteiger partial charge in [0, 0.05) is 31.7 Å². The van der Waals surface area contributed by atoms with Crippen LogP contribution in [0.15, 0.2) is 29.3 Å². The molecule has 2 rings (SSSR count). The van der Waals surface area contributed by atoms with Crippen LogP contribution in [0.3, 0.4) is 0 Å². The molecule has 1 saturated heterocycles. The van der Waals surface area contributed by atoms with E-state index in [9.17, 15) is 5.11 Å². The summed E-state index contributed by atoms with van der Waals surface area (Å²) in [6.45, 7) is 8.67. The number of rotatable bonds is 10. The van der Waals surface area contributed by atoms with Crippen LogP contribution < -0.4 is 15.4 Å². The van der Waals surface area contributed by atoms with E-state index >= 15 is 0 Å². The third kappa shape index (κ3) is 8.23. The lowest BCUT2D eigenvalue weighted by atomic mass is 9.84. The summed E-state index contributed by atoms with van der Waals surface area (Å²) < 4.78 is 11.4. The van der Waals surface area contributed by atoms with Gasteiger partial charge < -0.3 is 25.2 Å². The highest BCUT2D eigenvalue weighted by atomic mass is 127. The van der Waals surface area contributed by atoms with Crippen molar-refractivity contribution < 1.29 is 14.6 Å². The minimum absolute atomic E-state index is 0. The van der Waals surface area contributed by atoms with Crippen LogP contribution in [0.4, 0.5) is 0 Å². The molecule has 1 heterocycles. The fraction of sp³-hybridized carbons (Fsp3) is 0.650. The van der Waals surface area contributed by atoms with Crippen molar-refractivity contribution in [1.82, 2.24) is 10.6 Å². The molecule has 0 spiro atoms. The normalized spacial score (nSPS) is 19.4. The first kappa shape index (κ1) is 24.0. The molecule has 0 aromatic heterocycles. The van der Waals surface area contributed by atoms with Crippen LogP contribution in [-0.4, -0.2) is 57.1 Å². The summed E-state index contributed by atoms with van der Waals surface area (Å²) in [5.41, 5.74) is 1.13. The van der Waals surface area contributed by atoms with Crippen molar-refractivity contribution in [3.63, 3.8) is 0 Å². The highest BCUT2D eigenvalue weighted by molar-refractivity contribution is 14.0. The zero-order chi connectivity index (χ0) is 18.7. The van der Waals surface area contributed by atoms with E-state index in [0.29, 0.717) is 19.8 Å². The quantitative estimate of drug-likeness (QED) is 0.203. The highest BCUT2D eigenvalue weighted by Gasteiger charge is 2.34. The van der Waals surface area contributed by atoms with Gasteiger partial charge in [0.1, 0.15) is 5.75 Å². The van der Waals surface area contributed by atoms with Gasteiger partial charge in [0.2, 0.25) is 0 Å². The van der Waals surface area contributed by atoms with Crippen LogP contribution in [0.2, 0.25) is 0 Å². The maximum atomic E-state index is 9.33. The number of aliphatic hydroxyl groups is 1. The Morgan fingerprint density at radius 1 is 1.33 bits per heavy atom. The van der Waals surface area contributed by atoms with Gasteiger partial charge in [0.15, 0.2) is 5.96 Å². The largest absolute Gasteiger partial charge is 0.493 e. The molecule has 0 amide bonds. The molecule has 0 aliphatic carbocycles. The topological polar surface area (TPSA) is 75.1 Å². The minimum Gasteiger partial charge on any atom is -0.493 e. The molecule has 0 saturated carbocycles. The third-order valence-corrected chi connectivity index (χ3v) is 4.71. The maximum Gasteiger partial charge on any atom is 0.191 e. The lowest BCUT2D eigenvalue weighted by Crippen LogP contribution is -2.39. The molecule has 27 heavy (non-hydrogen) atoms. The molecule has 1 unspecified atom stereocenters. The van der Waals surface area contributed by atoms with Gasteiger partial charge in [-0.2, -0.15) is 0 Å². The average molecular weight is 491 g/mol. The standard InChI is InChI=1S/C20H33N3O3.HI/c1-3-21-19(23-15-20(9-12-24)10-14-25-16-20)22-11-6-13-26-18-8-5-4-7-17(18)2;/h4-5,7-8,24H,3,6,9-16H2,1-2H3,(H2,21,22,23);1H. The van der Waals surface area contributed by atoms with Gasteiger partial charge in [-0.3, -0.25) is 4.99 Å². The number of halogens is 1. The number of aliphatic hydroxyl groups excluding tert-OH is 1. The Bertz CT molecular complexity index is 563. The number of aliphatic imine (C=N–C) groups is 1. The Hall–Kier alpha value is -1.06. The van der Waals surface area contributed by atoms with E-state index in [-0.39, 0.29) is 36.0 Å². The van der Waals surface area contributed by atoms with E-state index < -0.39 is 0 Å². The zero-order valence-electron chi connectivity index (χ0n) is 16.5. The monoisotopic (exact) mass is 491 g/mol. The maximum absolute atomic E-state index is 9.33. The zero-order valence-corrected chi connectivity index (χ0v) is 18.8. The molecule has 1 aromatic carbocycles. The molecular formula is C20H34IN3O3. The Kier molecular flexibility index (Phi) is 11.7. The van der Waals surface area contributed by atoms with Crippen molar-refractivity contribution >= 4 is 29.9 Å². The summed E-state index contributed by atoms with van der Waals surface area (Å²) >= 11 is 0. The molecule has 0 bridgehead atoms. The van der Waals surface area contributed by atoms with Crippen LogP contribution in [0.5, 0.6) is 5.75 Å². The lowest BCUT2D eigenvalue weighted by Gasteiger charge is -2.24. The van der Waals surface area contributed by atoms with E-state index in [1.807, 2.05) is 18.2 Å². The minimum atomic E-state index is -0.0228. The summed E-state index contributed by atoms with van der Waals surface area (Å²) in [7, 11) is 0. The summed E-state index contributed by atoms with van der Waals surface area (Å²) in [4.78, 5) is 4.72. The predicted octanol–water partition coefficient (Wildman–Crippen LogP) is 2.73. The number of hydrogen-bond donors (Lipinski definition) is 3. The second kappa shape index (κ2) is 13.2. The summed E-state index contributed by atoms with van der Waals surface area (Å²) in [6, 6.07) is 8.06. The molecule has 154 valence electrons. The molecule has 1 aliphatic rings. The summed E-state index contributed by atoms with van der Waals surface area (Å²) in [5, 5.41) is 16.0. The Labute approximate surface area is 180 Å². The van der Waals surface area contributed by atoms with Crippen LogP contribution in [0.25, 0.3) is 0 Å². The predicted molar refractivity (Wildman–Crippen MR) is 120 cm³/mol. The Morgan fingerprint density at radius 3 is 2.81 bits per heavy atom. The first-order chi connectivity index (χ1) is 12.7. The van der Waals surface area contributed by atoms with Crippen LogP contribution >= 0.6 is 24.0 Å². The molecule has 6 nitrogen and oxygen atoms in total. The van der Waals surface area contributed by atoms with Crippen LogP contribution in [0, 0.1) is 12.3 Å². The second-order valence-corrected chi connectivity index (χ2v) is 6.87. The van der Waals surface area contributed by atoms with Crippen molar-refractivity contribution in [1.29, 1.82) is 0 Å². The number of nitrogens with zero attached hydrogens (tertiary/aromatic N) is 1. The number of aryl methyl sites for hydroxylation is 1. The van der Waals surface area contributed by atoms with E-state index in [4.69, 9.17) is 14.5 Å². The SMILES string of the molecule is CCNC(=NCC1(CCO)CCOC1)NCCCOc1ccccc1C.I. The lowest BCUT2D eigenvalue weighted by molar-refractivity contribution is 0.131. The highest BCUT2D eigenvalue weighted by Crippen LogP contribution is 2.32. The van der Waals surface area contributed by atoms with Crippen molar-refractivity contribution in [3.05, 3.63) is 29.8 Å². The van der Waals surface area contributed by atoms with Gasteiger partial charge in [-0.25, -0.2) is 0 Å². The van der Waals surface area contributed by atoms with Gasteiger partial charge in [0.25, 0.3) is 0 Å². The van der Waals surface area contributed by atoms with E-state index in [2.05, 4.69) is 30.5 Å². The molecule has 7 heteroatoms. The molecule has 1 fully saturated rings. The van der Waals surface area contributed by atoms with Gasteiger partial charge in [-0.1, -0.05) is 18.2 Å². The molecule has 1 atom stereocenters. The third-order valence-electron chi connectivity index (χ3n) is 4.71. The fourth-order valence-electron chi connectivity index (χ4n) is 3.06. The summed E-state index contributed by atoms with van der Waals surface area (Å²) in [5.74, 6) is 1.76. The number of nitrogens with one attached hydrogen (secondary N) is 2. The first-order valence-electron chi connectivity index (χ1n) is 9.58. The van der Waals surface area contributed by atoms with E-state index in [0.717, 1.165) is 56.2 Å². The Morgan fingerprint density at radius 2 is 2.15 bits per heavy atom. The van der Waals surface area contributed by atoms with Crippen molar-refractivity contribution in [2.75, 3.05) is 46.1 Å². The smallest absolute Gasteiger partial charge is 0.191 e. The van der Waals surface area contributed by atoms with Crippen molar-refractivity contribution in [2.24, 2.45) is 10.4 Å². The number of para-hydroxylation sites is 1. The second-order valence-electron chi connectivity index (χ2n) is 6.87. The molecule has 0 radical (unpaired) electrons. The van der Waals surface area contributed by atoms with Crippen molar-refractivity contribution in [2.45, 2.75) is 33.1 Å². The molecular weight excluding hydrogens is 457 g/mol. The number of hydrogen-bond acceptors (Lipinski definition) is 4. The van der Waals surface area contributed by atoms with E-state index in [1.54, 1.807) is 0 Å². The molecule has 1 aliphatic heterocycles. The molecule has 1 aromatic rings. The van der Waals surface area contributed by atoms with Gasteiger partial charge >= 0.3 is 0 Å². The van der Waals surface area contributed by atoms with Crippen molar-refractivity contribution in [3.8, 4) is 5.75 Å². The van der Waals surface area contributed by atoms with Crippen LogP contribution in [-0.2, 0) is 4.74 Å². The van der Waals surface area contributed by atoms with E-state index in [1.165, 1.54) is 0 Å². The van der Waals surface area contributed by atoms with Crippen LogP contribution in [0.1, 0.15) is 31.7 Å². The van der Waals surface area contributed by atoms with Gasteiger partial charge in [-0.05, 0) is 44.7 Å². The first-order valence-corrected chi connectivity index (χ1v) is 9.58. The number of ether oxygens (including phenoxy) is 2. The summed E-state index contributed by atoms with van der Waals surface area (Å²) in [6.07, 6.45) is 2.59. The Balaban J connectivity index is 0.00000364.